The van der Waals surface area contributed by atoms with Gasteiger partial charge in [-0.1, -0.05) is 6.58 Å². The molecule has 0 aliphatic rings. The van der Waals surface area contributed by atoms with Crippen LogP contribution in [0.3, 0.4) is 0 Å². The van der Waals surface area contributed by atoms with E-state index >= 15 is 0 Å². The van der Waals surface area contributed by atoms with E-state index in [-0.39, 0.29) is 6.17 Å². The summed E-state index contributed by atoms with van der Waals surface area (Å²) in [6, 6.07) is 2.12. The third-order valence-electron chi connectivity index (χ3n) is 1.55. The van der Waals surface area contributed by atoms with E-state index in [1.165, 1.54) is 7.11 Å². The zero-order valence-corrected chi connectivity index (χ0v) is 8.32. The summed E-state index contributed by atoms with van der Waals surface area (Å²) in [7, 11) is 1.53. The van der Waals surface area contributed by atoms with Crippen molar-refractivity contribution in [1.82, 2.24) is 15.3 Å². The summed E-state index contributed by atoms with van der Waals surface area (Å²) < 4.78 is 4.89. The molecule has 14 heavy (non-hydrogen) atoms. The molecular formula is C9H14N4O. The lowest BCUT2D eigenvalue weighted by molar-refractivity contribution is 0.380. The van der Waals surface area contributed by atoms with Crippen molar-refractivity contribution < 1.29 is 4.74 Å². The number of ether oxygens (including phenoxy) is 1. The summed E-state index contributed by atoms with van der Waals surface area (Å²) in [6.45, 7) is 5.52. The maximum absolute atomic E-state index is 4.89. The topological polar surface area (TPSA) is 59.1 Å². The number of rotatable bonds is 5. The number of methoxy groups -OCH3 is 1. The lowest BCUT2D eigenvalue weighted by atomic mass is 10.5. The predicted molar refractivity (Wildman–Crippen MR) is 55.0 cm³/mol. The molecule has 0 bridgehead atoms. The second-order valence-corrected chi connectivity index (χ2v) is 2.67. The third-order valence-corrected chi connectivity index (χ3v) is 1.55. The van der Waals surface area contributed by atoms with Crippen molar-refractivity contribution >= 4 is 5.82 Å². The summed E-state index contributed by atoms with van der Waals surface area (Å²) in [5.41, 5.74) is 0. The Balaban J connectivity index is 2.61. The number of nitrogens with zero attached hydrogens (tertiary/aromatic N) is 2. The molecule has 1 aromatic rings. The highest BCUT2D eigenvalue weighted by Crippen LogP contribution is 2.07. The van der Waals surface area contributed by atoms with Gasteiger partial charge in [-0.3, -0.25) is 0 Å². The first-order chi connectivity index (χ1) is 6.76. The minimum Gasteiger partial charge on any atom is -0.467 e. The Morgan fingerprint density at radius 1 is 1.64 bits per heavy atom. The fraction of sp³-hybridized carbons (Fsp3) is 0.333. The minimum absolute atomic E-state index is 0.0621. The first-order valence-electron chi connectivity index (χ1n) is 4.27. The molecule has 0 fully saturated rings. The molecule has 0 spiro atoms. The molecule has 0 aliphatic carbocycles. The number of nitrogens with one attached hydrogen (secondary N) is 2. The van der Waals surface area contributed by atoms with Crippen LogP contribution in [0.15, 0.2) is 25.0 Å². The van der Waals surface area contributed by atoms with Gasteiger partial charge < -0.3 is 15.4 Å². The van der Waals surface area contributed by atoms with E-state index in [2.05, 4.69) is 27.2 Å². The molecule has 0 aliphatic heterocycles. The molecule has 2 N–H and O–H groups in total. The van der Waals surface area contributed by atoms with Crippen LogP contribution in [0.4, 0.5) is 5.82 Å². The molecule has 0 saturated carbocycles. The highest BCUT2D eigenvalue weighted by Gasteiger charge is 2.01. The molecule has 1 unspecified atom stereocenters. The van der Waals surface area contributed by atoms with Crippen molar-refractivity contribution in [3.63, 3.8) is 0 Å². The van der Waals surface area contributed by atoms with Gasteiger partial charge in [0, 0.05) is 6.20 Å². The number of hydrogen-bond acceptors (Lipinski definition) is 5. The number of anilines is 1. The van der Waals surface area contributed by atoms with Crippen molar-refractivity contribution in [2.24, 2.45) is 0 Å². The molecule has 0 aromatic carbocycles. The van der Waals surface area contributed by atoms with Gasteiger partial charge in [0.05, 0.1) is 13.3 Å². The first kappa shape index (κ1) is 10.3. The van der Waals surface area contributed by atoms with Gasteiger partial charge in [0.25, 0.3) is 0 Å². The maximum Gasteiger partial charge on any atom is 0.318 e. The first-order valence-corrected chi connectivity index (χ1v) is 4.27. The van der Waals surface area contributed by atoms with Crippen LogP contribution in [0, 0.1) is 0 Å². The summed E-state index contributed by atoms with van der Waals surface area (Å²) >= 11 is 0. The Morgan fingerprint density at radius 3 is 3.07 bits per heavy atom. The third kappa shape index (κ3) is 2.93. The van der Waals surface area contributed by atoms with E-state index in [1.54, 1.807) is 18.5 Å². The number of hydrogen-bond donors (Lipinski definition) is 2. The van der Waals surface area contributed by atoms with Crippen molar-refractivity contribution in [1.29, 1.82) is 0 Å². The van der Waals surface area contributed by atoms with Crippen LogP contribution in [-0.4, -0.2) is 23.2 Å². The van der Waals surface area contributed by atoms with Crippen LogP contribution in [0.1, 0.15) is 6.92 Å². The fourth-order valence-electron chi connectivity index (χ4n) is 0.960. The largest absolute Gasteiger partial charge is 0.467 e. The van der Waals surface area contributed by atoms with Crippen LogP contribution < -0.4 is 15.4 Å². The van der Waals surface area contributed by atoms with Crippen molar-refractivity contribution in [3.05, 3.63) is 25.0 Å². The molecule has 0 radical (unpaired) electrons. The highest BCUT2D eigenvalue weighted by molar-refractivity contribution is 5.34. The fourth-order valence-corrected chi connectivity index (χ4v) is 0.960. The van der Waals surface area contributed by atoms with Crippen LogP contribution >= 0.6 is 0 Å². The number of aromatic nitrogens is 2. The molecule has 1 aromatic heterocycles. The van der Waals surface area contributed by atoms with Crippen molar-refractivity contribution in [3.8, 4) is 6.01 Å². The smallest absolute Gasteiger partial charge is 0.318 e. The molecule has 5 heteroatoms. The predicted octanol–water partition coefficient (Wildman–Crippen LogP) is 0.976. The van der Waals surface area contributed by atoms with Crippen LogP contribution in [0.25, 0.3) is 0 Å². The summed E-state index contributed by atoms with van der Waals surface area (Å²) in [5, 5.41) is 6.09. The lowest BCUT2D eigenvalue weighted by Crippen LogP contribution is -2.29. The molecule has 1 atom stereocenters. The zero-order valence-electron chi connectivity index (χ0n) is 8.32. The summed E-state index contributed by atoms with van der Waals surface area (Å²) in [6.07, 6.45) is 3.32. The van der Waals surface area contributed by atoms with Gasteiger partial charge in [-0.2, -0.15) is 4.98 Å². The molecule has 1 rings (SSSR count). The Bertz CT molecular complexity index is 303. The van der Waals surface area contributed by atoms with E-state index < -0.39 is 0 Å². The monoisotopic (exact) mass is 194 g/mol. The van der Waals surface area contributed by atoms with E-state index in [4.69, 9.17) is 4.74 Å². The van der Waals surface area contributed by atoms with Gasteiger partial charge in [0.1, 0.15) is 5.82 Å². The molecule has 76 valence electrons. The average Bonchev–Trinajstić information content (AvgIpc) is 2.18. The van der Waals surface area contributed by atoms with Gasteiger partial charge in [0.15, 0.2) is 0 Å². The quantitative estimate of drug-likeness (QED) is 0.684. The average molecular weight is 194 g/mol. The molecule has 1 heterocycles. The van der Waals surface area contributed by atoms with E-state index in [0.717, 1.165) is 0 Å². The molecular weight excluding hydrogens is 180 g/mol. The van der Waals surface area contributed by atoms with Crippen molar-refractivity contribution in [2.45, 2.75) is 13.1 Å². The van der Waals surface area contributed by atoms with E-state index in [9.17, 15) is 0 Å². The normalized spacial score (nSPS) is 11.6. The van der Waals surface area contributed by atoms with Gasteiger partial charge >= 0.3 is 6.01 Å². The molecule has 0 amide bonds. The summed E-state index contributed by atoms with van der Waals surface area (Å²) in [5.74, 6) is 0.707. The Hall–Kier alpha value is -1.78. The van der Waals surface area contributed by atoms with Crippen LogP contribution in [0.2, 0.25) is 0 Å². The SMILES string of the molecule is C=CNC(C)Nc1ccnc(OC)n1. The standard InChI is InChI=1S/C9H14N4O/c1-4-10-7(2)12-8-5-6-11-9(13-8)14-3/h4-7,10H,1H2,2-3H3,(H,11,12,13). The summed E-state index contributed by atoms with van der Waals surface area (Å²) in [4.78, 5) is 7.99. The van der Waals surface area contributed by atoms with Crippen LogP contribution in [0.5, 0.6) is 6.01 Å². The van der Waals surface area contributed by atoms with Crippen molar-refractivity contribution in [2.75, 3.05) is 12.4 Å². The Labute approximate surface area is 83.2 Å². The van der Waals surface area contributed by atoms with Gasteiger partial charge in [-0.05, 0) is 19.2 Å². The Kier molecular flexibility index (Phi) is 3.72. The highest BCUT2D eigenvalue weighted by atomic mass is 16.5. The van der Waals surface area contributed by atoms with E-state index in [1.807, 2.05) is 6.92 Å². The molecule has 0 saturated heterocycles. The van der Waals surface area contributed by atoms with Gasteiger partial charge in [-0.15, -0.1) is 0 Å². The second kappa shape index (κ2) is 5.06. The minimum atomic E-state index is 0.0621. The van der Waals surface area contributed by atoms with Gasteiger partial charge in [-0.25, -0.2) is 4.98 Å². The van der Waals surface area contributed by atoms with Crippen LogP contribution in [-0.2, 0) is 0 Å². The lowest BCUT2D eigenvalue weighted by Gasteiger charge is -2.14. The maximum atomic E-state index is 4.89. The zero-order chi connectivity index (χ0) is 10.4. The Morgan fingerprint density at radius 2 is 2.43 bits per heavy atom. The molecule has 5 nitrogen and oxygen atoms in total. The van der Waals surface area contributed by atoms with E-state index in [0.29, 0.717) is 11.8 Å². The van der Waals surface area contributed by atoms with Gasteiger partial charge in [0.2, 0.25) is 0 Å². The second-order valence-electron chi connectivity index (χ2n) is 2.67.